The fourth-order valence-electron chi connectivity index (χ4n) is 3.50. The van der Waals surface area contributed by atoms with Gasteiger partial charge in [0.25, 0.3) is 0 Å². The lowest BCUT2D eigenvalue weighted by molar-refractivity contribution is 0.119. The van der Waals surface area contributed by atoms with Crippen molar-refractivity contribution in [3.05, 3.63) is 119 Å². The Morgan fingerprint density at radius 3 is 1.76 bits per heavy atom. The van der Waals surface area contributed by atoms with Crippen molar-refractivity contribution in [1.82, 2.24) is 0 Å². The second-order valence-corrected chi connectivity index (χ2v) is 8.70. The number of benzene rings is 3. The van der Waals surface area contributed by atoms with E-state index in [1.807, 2.05) is 91.0 Å². The van der Waals surface area contributed by atoms with E-state index in [-0.39, 0.29) is 4.61 Å². The van der Waals surface area contributed by atoms with Crippen molar-refractivity contribution >= 4 is 23.3 Å². The molecule has 0 bridgehead atoms. The van der Waals surface area contributed by atoms with Gasteiger partial charge in [0, 0.05) is 12.0 Å². The van der Waals surface area contributed by atoms with E-state index < -0.39 is 15.9 Å². The van der Waals surface area contributed by atoms with E-state index in [0.717, 1.165) is 5.56 Å². The van der Waals surface area contributed by atoms with Crippen LogP contribution < -0.4 is 0 Å². The summed E-state index contributed by atoms with van der Waals surface area (Å²) in [7, 11) is -2.10. The van der Waals surface area contributed by atoms with Crippen LogP contribution >= 0.6 is 8.37 Å². The van der Waals surface area contributed by atoms with E-state index in [9.17, 15) is 13.5 Å². The standard InChI is InChI=1S/C23H18NO3PS/c25-23(18-12-6-2-7-13-18,19-14-8-3-9-15-19)21-20(22(28-24-21)29(26)27)16-17-10-4-1-5-11-17/h1-15,25H,16H2. The monoisotopic (exact) mass is 419 g/mol. The van der Waals surface area contributed by atoms with Gasteiger partial charge in [0.1, 0.15) is 4.61 Å². The molecule has 4 rings (SSSR count). The minimum atomic E-state index is -2.42. The zero-order chi connectivity index (χ0) is 20.3. The molecular weight excluding hydrogens is 401 g/mol. The van der Waals surface area contributed by atoms with E-state index >= 15 is 0 Å². The second-order valence-electron chi connectivity index (χ2n) is 6.67. The van der Waals surface area contributed by atoms with Crippen LogP contribution in [0.1, 0.15) is 16.7 Å². The normalized spacial score (nSPS) is 14.3. The zero-order valence-corrected chi connectivity index (χ0v) is 17.1. The molecule has 0 atom stereocenters. The molecule has 0 aromatic heterocycles. The average Bonchev–Trinajstić information content (AvgIpc) is 3.19. The topological polar surface area (TPSA) is 66.7 Å². The number of hydrogen-bond acceptors (Lipinski definition) is 4. The van der Waals surface area contributed by atoms with Gasteiger partial charge in [0.05, 0.1) is 14.1 Å². The van der Waals surface area contributed by atoms with E-state index in [1.54, 1.807) is 0 Å². The lowest BCUT2D eigenvalue weighted by atomic mass is 9.81. The summed E-state index contributed by atoms with van der Waals surface area (Å²) in [6.45, 7) is 0. The van der Waals surface area contributed by atoms with E-state index in [4.69, 9.17) is 0 Å². The molecule has 0 unspecified atom stereocenters. The minimum Gasteiger partial charge on any atom is -0.374 e. The summed E-state index contributed by atoms with van der Waals surface area (Å²) in [6.07, 6.45) is 0.373. The van der Waals surface area contributed by atoms with Crippen molar-refractivity contribution in [2.45, 2.75) is 12.0 Å². The molecule has 3 aromatic carbocycles. The van der Waals surface area contributed by atoms with E-state index in [1.165, 1.54) is 0 Å². The molecule has 1 aliphatic rings. The van der Waals surface area contributed by atoms with Gasteiger partial charge in [0.2, 0.25) is 10.3 Å². The average molecular weight is 419 g/mol. The number of allylic oxidation sites excluding steroid dienone is 1. The highest BCUT2D eigenvalue weighted by atomic mass is 32.2. The van der Waals surface area contributed by atoms with Crippen LogP contribution in [0.4, 0.5) is 0 Å². The van der Waals surface area contributed by atoms with Crippen molar-refractivity contribution < 1.29 is 13.5 Å². The summed E-state index contributed by atoms with van der Waals surface area (Å²) in [4.78, 5) is 0. The van der Waals surface area contributed by atoms with E-state index in [2.05, 4.69) is 4.74 Å². The number of nitrogens with zero attached hydrogens (tertiary/aromatic N) is 1. The molecule has 0 radical (unpaired) electrons. The summed E-state index contributed by atoms with van der Waals surface area (Å²) in [5, 5.41) is 12.0. The molecule has 0 aliphatic carbocycles. The predicted octanol–water partition coefficient (Wildman–Crippen LogP) is 4.57. The Bertz CT molecular complexity index is 1170. The Labute approximate surface area is 172 Å². The minimum absolute atomic E-state index is 0.203. The highest BCUT2D eigenvalue weighted by Gasteiger charge is 2.41. The van der Waals surface area contributed by atoms with Crippen LogP contribution in [-0.4, -0.2) is 18.1 Å². The smallest absolute Gasteiger partial charge is 0.228 e. The molecule has 3 aromatic rings. The SMILES string of the molecule is O=S(=O)=C1P=NC(C(O)(c2ccccc2)c2ccccc2)=C1Cc1ccccc1. The Kier molecular flexibility index (Phi) is 5.54. The third-order valence-electron chi connectivity index (χ3n) is 4.89. The molecule has 144 valence electrons. The molecule has 0 spiro atoms. The third kappa shape index (κ3) is 3.73. The number of aliphatic hydroxyl groups is 1. The van der Waals surface area contributed by atoms with Crippen LogP contribution in [-0.2, 0) is 22.3 Å². The maximum absolute atomic E-state index is 12.0. The van der Waals surface area contributed by atoms with Gasteiger partial charge >= 0.3 is 0 Å². The zero-order valence-electron chi connectivity index (χ0n) is 15.4. The lowest BCUT2D eigenvalue weighted by Crippen LogP contribution is -2.30. The Balaban J connectivity index is 1.99. The van der Waals surface area contributed by atoms with Gasteiger partial charge in [-0.05, 0) is 16.7 Å². The molecule has 4 nitrogen and oxygen atoms in total. The molecule has 0 fully saturated rings. The first-order valence-electron chi connectivity index (χ1n) is 9.10. The van der Waals surface area contributed by atoms with Gasteiger partial charge in [0.15, 0.2) is 5.60 Å². The van der Waals surface area contributed by atoms with Gasteiger partial charge in [-0.15, -0.1) is 0 Å². The molecule has 0 amide bonds. The summed E-state index contributed by atoms with van der Waals surface area (Å²) in [5.74, 6) is 0. The maximum Gasteiger partial charge on any atom is 0.228 e. The number of hydrogen-bond donors (Lipinski definition) is 1. The van der Waals surface area contributed by atoms with Crippen LogP contribution in [0.3, 0.4) is 0 Å². The van der Waals surface area contributed by atoms with Gasteiger partial charge in [-0.1, -0.05) is 91.0 Å². The van der Waals surface area contributed by atoms with Crippen molar-refractivity contribution in [1.29, 1.82) is 0 Å². The summed E-state index contributed by atoms with van der Waals surface area (Å²) in [5.41, 5.74) is 1.60. The Morgan fingerprint density at radius 2 is 1.28 bits per heavy atom. The van der Waals surface area contributed by atoms with Crippen molar-refractivity contribution in [2.24, 2.45) is 4.74 Å². The van der Waals surface area contributed by atoms with Crippen molar-refractivity contribution in [3.63, 3.8) is 0 Å². The lowest BCUT2D eigenvalue weighted by Gasteiger charge is -2.30. The first-order chi connectivity index (χ1) is 14.1. The van der Waals surface area contributed by atoms with Crippen molar-refractivity contribution in [3.8, 4) is 0 Å². The van der Waals surface area contributed by atoms with Crippen LogP contribution in [0.2, 0.25) is 0 Å². The molecule has 1 aliphatic heterocycles. The number of rotatable bonds is 5. The summed E-state index contributed by atoms with van der Waals surface area (Å²) < 4.78 is 28.6. The fraction of sp³-hybridized carbons (Fsp3) is 0.0870. The maximum atomic E-state index is 12.0. The second kappa shape index (κ2) is 8.26. The highest BCUT2D eigenvalue weighted by molar-refractivity contribution is 7.86. The highest BCUT2D eigenvalue weighted by Crippen LogP contribution is 2.44. The Hall–Kier alpha value is -2.85. The first-order valence-corrected chi connectivity index (χ1v) is 11.0. The molecule has 29 heavy (non-hydrogen) atoms. The first kappa shape index (κ1) is 19.5. The summed E-state index contributed by atoms with van der Waals surface area (Å²) >= 11 is 0. The molecular formula is C23H18NO3PS. The predicted molar refractivity (Wildman–Crippen MR) is 116 cm³/mol. The molecule has 0 saturated carbocycles. The fourth-order valence-corrected chi connectivity index (χ4v) is 5.02. The van der Waals surface area contributed by atoms with Crippen LogP contribution in [0, 0.1) is 0 Å². The molecule has 0 saturated heterocycles. The molecule has 1 heterocycles. The van der Waals surface area contributed by atoms with Crippen LogP contribution in [0.25, 0.3) is 0 Å². The van der Waals surface area contributed by atoms with Gasteiger partial charge in [-0.25, -0.2) is 4.74 Å². The van der Waals surface area contributed by atoms with Crippen LogP contribution in [0.15, 0.2) is 107 Å². The van der Waals surface area contributed by atoms with E-state index in [0.29, 0.717) is 37.2 Å². The summed E-state index contributed by atoms with van der Waals surface area (Å²) in [6, 6.07) is 28.1. The molecule has 1 N–H and O–H groups in total. The largest absolute Gasteiger partial charge is 0.374 e. The molecule has 6 heteroatoms. The van der Waals surface area contributed by atoms with Crippen molar-refractivity contribution in [2.75, 3.05) is 0 Å². The Morgan fingerprint density at radius 1 is 0.793 bits per heavy atom. The van der Waals surface area contributed by atoms with Crippen LogP contribution in [0.5, 0.6) is 0 Å². The van der Waals surface area contributed by atoms with Gasteiger partial charge in [-0.2, -0.15) is 8.42 Å². The van der Waals surface area contributed by atoms with Gasteiger partial charge in [-0.3, -0.25) is 0 Å². The quantitative estimate of drug-likeness (QED) is 0.487. The third-order valence-corrected chi connectivity index (χ3v) is 6.90. The van der Waals surface area contributed by atoms with Gasteiger partial charge < -0.3 is 5.11 Å².